The first-order valence-electron chi connectivity index (χ1n) is 6.69. The molecule has 3 rings (SSSR count). The Morgan fingerprint density at radius 1 is 1.24 bits per heavy atom. The number of non-ortho nitro benzene ring substituents is 1. The number of nitrogens with zero attached hydrogens (tertiary/aromatic N) is 2. The zero-order valence-electron chi connectivity index (χ0n) is 11.2. The standard InChI is InChI=1S/C16H13N3O2/c17-10-12-8-13(19(20)21)6-7-15(12)18-16-9-14(16)11-4-2-1-3-5-11/h1-8,14,16,18H,9H2. The number of nitro benzene ring substituents is 1. The van der Waals surface area contributed by atoms with Gasteiger partial charge in [0.2, 0.25) is 0 Å². The van der Waals surface area contributed by atoms with Gasteiger partial charge in [0.1, 0.15) is 6.07 Å². The van der Waals surface area contributed by atoms with Crippen molar-refractivity contribution in [1.29, 1.82) is 5.26 Å². The number of hydrogen-bond acceptors (Lipinski definition) is 4. The molecular formula is C16H13N3O2. The lowest BCUT2D eigenvalue weighted by molar-refractivity contribution is -0.384. The van der Waals surface area contributed by atoms with Gasteiger partial charge in [0.25, 0.3) is 5.69 Å². The van der Waals surface area contributed by atoms with E-state index >= 15 is 0 Å². The van der Waals surface area contributed by atoms with Gasteiger partial charge in [0, 0.05) is 24.1 Å². The van der Waals surface area contributed by atoms with Crippen molar-refractivity contribution in [2.24, 2.45) is 0 Å². The molecule has 0 heterocycles. The van der Waals surface area contributed by atoms with Crippen LogP contribution >= 0.6 is 0 Å². The van der Waals surface area contributed by atoms with Crippen molar-refractivity contribution in [2.75, 3.05) is 5.32 Å². The van der Waals surface area contributed by atoms with E-state index in [0.717, 1.165) is 6.42 Å². The van der Waals surface area contributed by atoms with Gasteiger partial charge in [-0.15, -0.1) is 0 Å². The summed E-state index contributed by atoms with van der Waals surface area (Å²) in [7, 11) is 0. The Balaban J connectivity index is 1.75. The van der Waals surface area contributed by atoms with Crippen LogP contribution in [-0.2, 0) is 0 Å². The van der Waals surface area contributed by atoms with E-state index < -0.39 is 4.92 Å². The van der Waals surface area contributed by atoms with E-state index in [1.165, 1.54) is 17.7 Å². The highest BCUT2D eigenvalue weighted by molar-refractivity contribution is 5.62. The number of rotatable bonds is 4. The molecule has 2 unspecified atom stereocenters. The highest BCUT2D eigenvalue weighted by Crippen LogP contribution is 2.43. The largest absolute Gasteiger partial charge is 0.381 e. The van der Waals surface area contributed by atoms with Crippen LogP contribution in [0.1, 0.15) is 23.5 Å². The lowest BCUT2D eigenvalue weighted by atomic mass is 10.1. The highest BCUT2D eigenvalue weighted by atomic mass is 16.6. The van der Waals surface area contributed by atoms with Crippen LogP contribution in [-0.4, -0.2) is 11.0 Å². The first-order valence-corrected chi connectivity index (χ1v) is 6.69. The van der Waals surface area contributed by atoms with Crippen molar-refractivity contribution in [3.05, 3.63) is 69.8 Å². The normalized spacial score (nSPS) is 19.6. The predicted molar refractivity (Wildman–Crippen MR) is 79.0 cm³/mol. The number of anilines is 1. The summed E-state index contributed by atoms with van der Waals surface area (Å²) in [6, 6.07) is 16.8. The second-order valence-electron chi connectivity index (χ2n) is 5.10. The van der Waals surface area contributed by atoms with Gasteiger partial charge in [0.05, 0.1) is 16.2 Å². The summed E-state index contributed by atoms with van der Waals surface area (Å²) in [6.45, 7) is 0. The molecule has 5 nitrogen and oxygen atoms in total. The van der Waals surface area contributed by atoms with Crippen LogP contribution in [0.2, 0.25) is 0 Å². The third kappa shape index (κ3) is 2.70. The summed E-state index contributed by atoms with van der Waals surface area (Å²) in [5.74, 6) is 0.438. The maximum atomic E-state index is 10.7. The smallest absolute Gasteiger partial charge is 0.270 e. The fourth-order valence-corrected chi connectivity index (χ4v) is 2.49. The summed E-state index contributed by atoms with van der Waals surface area (Å²) in [4.78, 5) is 10.2. The van der Waals surface area contributed by atoms with Crippen LogP contribution < -0.4 is 5.32 Å². The lowest BCUT2D eigenvalue weighted by Crippen LogP contribution is -2.06. The molecule has 0 aliphatic heterocycles. The summed E-state index contributed by atoms with van der Waals surface area (Å²) >= 11 is 0. The molecule has 2 aromatic carbocycles. The summed E-state index contributed by atoms with van der Waals surface area (Å²) < 4.78 is 0. The zero-order valence-corrected chi connectivity index (χ0v) is 11.2. The fraction of sp³-hybridized carbons (Fsp3) is 0.188. The summed E-state index contributed by atoms with van der Waals surface area (Å²) in [5, 5.41) is 23.2. The molecule has 1 fully saturated rings. The Morgan fingerprint density at radius 2 is 2.00 bits per heavy atom. The second kappa shape index (κ2) is 5.25. The van der Waals surface area contributed by atoms with E-state index in [9.17, 15) is 10.1 Å². The number of nitrogens with one attached hydrogen (secondary N) is 1. The van der Waals surface area contributed by atoms with Crippen molar-refractivity contribution in [3.63, 3.8) is 0 Å². The van der Waals surface area contributed by atoms with Gasteiger partial charge in [-0.1, -0.05) is 30.3 Å². The summed E-state index contributed by atoms with van der Waals surface area (Å²) in [5.41, 5.74) is 2.18. The van der Waals surface area contributed by atoms with Gasteiger partial charge >= 0.3 is 0 Å². The number of benzene rings is 2. The van der Waals surface area contributed by atoms with Gasteiger partial charge < -0.3 is 5.32 Å². The van der Waals surface area contributed by atoms with E-state index in [1.807, 2.05) is 24.3 Å². The molecule has 5 heteroatoms. The molecule has 0 aromatic heterocycles. The third-order valence-corrected chi connectivity index (χ3v) is 3.69. The van der Waals surface area contributed by atoms with E-state index in [1.54, 1.807) is 6.07 Å². The number of nitro groups is 1. The predicted octanol–water partition coefficient (Wildman–Crippen LogP) is 3.43. The Bertz CT molecular complexity index is 722. The molecule has 1 N–H and O–H groups in total. The van der Waals surface area contributed by atoms with Crippen LogP contribution in [0.5, 0.6) is 0 Å². The zero-order chi connectivity index (χ0) is 14.8. The van der Waals surface area contributed by atoms with Crippen LogP contribution in [0, 0.1) is 21.4 Å². The molecule has 0 bridgehead atoms. The van der Waals surface area contributed by atoms with E-state index in [2.05, 4.69) is 17.4 Å². The summed E-state index contributed by atoms with van der Waals surface area (Å²) in [6.07, 6.45) is 1.01. The van der Waals surface area contributed by atoms with E-state index in [-0.39, 0.29) is 11.7 Å². The van der Waals surface area contributed by atoms with Gasteiger partial charge in [0.15, 0.2) is 0 Å². The molecule has 1 aliphatic rings. The van der Waals surface area contributed by atoms with Crippen molar-refractivity contribution in [1.82, 2.24) is 0 Å². The molecular weight excluding hydrogens is 266 g/mol. The topological polar surface area (TPSA) is 79.0 Å². The van der Waals surface area contributed by atoms with Crippen LogP contribution in [0.25, 0.3) is 0 Å². The minimum absolute atomic E-state index is 0.0625. The van der Waals surface area contributed by atoms with Crippen molar-refractivity contribution in [2.45, 2.75) is 18.4 Å². The quantitative estimate of drug-likeness (QED) is 0.686. The molecule has 0 radical (unpaired) electrons. The molecule has 0 spiro atoms. The Kier molecular flexibility index (Phi) is 3.28. The van der Waals surface area contributed by atoms with Crippen LogP contribution in [0.15, 0.2) is 48.5 Å². The van der Waals surface area contributed by atoms with Crippen molar-refractivity contribution < 1.29 is 4.92 Å². The third-order valence-electron chi connectivity index (χ3n) is 3.69. The number of nitriles is 1. The minimum Gasteiger partial charge on any atom is -0.381 e. The minimum atomic E-state index is -0.492. The maximum Gasteiger partial charge on any atom is 0.270 e. The van der Waals surface area contributed by atoms with E-state index in [4.69, 9.17) is 5.26 Å². The van der Waals surface area contributed by atoms with Gasteiger partial charge in [-0.05, 0) is 18.1 Å². The van der Waals surface area contributed by atoms with Gasteiger partial charge in [-0.3, -0.25) is 10.1 Å². The van der Waals surface area contributed by atoms with Crippen LogP contribution in [0.4, 0.5) is 11.4 Å². The lowest BCUT2D eigenvalue weighted by Gasteiger charge is -2.08. The molecule has 2 aromatic rings. The molecule has 0 amide bonds. The molecule has 21 heavy (non-hydrogen) atoms. The van der Waals surface area contributed by atoms with Crippen molar-refractivity contribution in [3.8, 4) is 6.07 Å². The SMILES string of the molecule is N#Cc1cc([N+](=O)[O-])ccc1NC1CC1c1ccccc1. The van der Waals surface area contributed by atoms with Gasteiger partial charge in [-0.2, -0.15) is 5.26 Å². The van der Waals surface area contributed by atoms with Gasteiger partial charge in [-0.25, -0.2) is 0 Å². The fourth-order valence-electron chi connectivity index (χ4n) is 2.49. The first kappa shape index (κ1) is 13.1. The van der Waals surface area contributed by atoms with E-state index in [0.29, 0.717) is 17.2 Å². The highest BCUT2D eigenvalue weighted by Gasteiger charge is 2.38. The maximum absolute atomic E-state index is 10.7. The molecule has 0 saturated heterocycles. The average molecular weight is 279 g/mol. The Morgan fingerprint density at radius 3 is 2.67 bits per heavy atom. The first-order chi connectivity index (χ1) is 10.2. The molecule has 2 atom stereocenters. The monoisotopic (exact) mass is 279 g/mol. The molecule has 1 aliphatic carbocycles. The number of hydrogen-bond donors (Lipinski definition) is 1. The average Bonchev–Trinajstić information content (AvgIpc) is 3.27. The Hall–Kier alpha value is -2.87. The second-order valence-corrected chi connectivity index (χ2v) is 5.10. The molecule has 1 saturated carbocycles. The van der Waals surface area contributed by atoms with Crippen molar-refractivity contribution >= 4 is 11.4 Å². The Labute approximate surface area is 122 Å². The van der Waals surface area contributed by atoms with Crippen LogP contribution in [0.3, 0.4) is 0 Å². The molecule has 104 valence electrons.